The molecule has 3 rings (SSSR count). The third-order valence-corrected chi connectivity index (χ3v) is 5.78. The summed E-state index contributed by atoms with van der Waals surface area (Å²) in [5.41, 5.74) is -0.240. The van der Waals surface area contributed by atoms with Crippen molar-refractivity contribution in [1.29, 1.82) is 0 Å². The topological polar surface area (TPSA) is 46.5 Å². The van der Waals surface area contributed by atoms with Gasteiger partial charge >= 0.3 is 5.97 Å². The number of hydrogen-bond donors (Lipinski definition) is 1. The van der Waals surface area contributed by atoms with E-state index >= 15 is 0 Å². The van der Waals surface area contributed by atoms with Gasteiger partial charge in [0, 0.05) is 16.2 Å². The molecule has 0 saturated heterocycles. The molecule has 2 aromatic rings. The molecule has 0 aliphatic heterocycles. The highest BCUT2D eigenvalue weighted by Crippen LogP contribution is 2.69. The lowest BCUT2D eigenvalue weighted by Crippen LogP contribution is -2.13. The van der Waals surface area contributed by atoms with Gasteiger partial charge in [-0.2, -0.15) is 0 Å². The van der Waals surface area contributed by atoms with E-state index < -0.39 is 5.60 Å². The van der Waals surface area contributed by atoms with E-state index in [1.54, 1.807) is 0 Å². The van der Waals surface area contributed by atoms with Crippen LogP contribution in [0.25, 0.3) is 0 Å². The normalized spacial score (nSPS) is 25.7. The molecule has 2 atom stereocenters. The average molecular weight is 316 g/mol. The maximum Gasteiger partial charge on any atom is 0.306 e. The second kappa shape index (κ2) is 5.52. The van der Waals surface area contributed by atoms with Crippen LogP contribution in [0.1, 0.15) is 30.7 Å². The van der Waals surface area contributed by atoms with E-state index in [4.69, 9.17) is 4.74 Å². The third-order valence-electron chi connectivity index (χ3n) is 4.78. The van der Waals surface area contributed by atoms with Crippen molar-refractivity contribution in [2.24, 2.45) is 11.3 Å². The fourth-order valence-corrected chi connectivity index (χ4v) is 4.24. The lowest BCUT2D eigenvalue weighted by atomic mass is 10.1. The van der Waals surface area contributed by atoms with Crippen molar-refractivity contribution in [3.63, 3.8) is 0 Å². The van der Waals surface area contributed by atoms with E-state index in [0.717, 1.165) is 10.4 Å². The fraction of sp³-hybridized carbons (Fsp3) is 0.389. The smallest absolute Gasteiger partial charge is 0.306 e. The number of thiophene rings is 1. The minimum Gasteiger partial charge on any atom is -0.461 e. The summed E-state index contributed by atoms with van der Waals surface area (Å²) in [6.07, 6.45) is 0.244. The molecule has 1 aromatic heterocycles. The standard InChI is InChI=1S/C18H20O3S/c1-17(2)14(18(17,20)15-9-6-10-22-15)11-16(19)21-12-13-7-4-3-5-8-13/h3-10,14,20H,11-12H2,1-2H3/t14-,18-/m1/s1. The van der Waals surface area contributed by atoms with Crippen LogP contribution in [0.3, 0.4) is 0 Å². The Balaban J connectivity index is 1.60. The van der Waals surface area contributed by atoms with E-state index in [1.807, 2.05) is 61.7 Å². The number of ether oxygens (including phenoxy) is 1. The van der Waals surface area contributed by atoms with E-state index in [2.05, 4.69) is 0 Å². The number of benzene rings is 1. The maximum atomic E-state index is 12.1. The number of esters is 1. The van der Waals surface area contributed by atoms with Gasteiger partial charge in [-0.25, -0.2) is 0 Å². The van der Waals surface area contributed by atoms with E-state index in [1.165, 1.54) is 11.3 Å². The zero-order chi connectivity index (χ0) is 15.8. The van der Waals surface area contributed by atoms with Crippen LogP contribution in [0.5, 0.6) is 0 Å². The first kappa shape index (κ1) is 15.3. The molecule has 0 unspecified atom stereocenters. The largest absolute Gasteiger partial charge is 0.461 e. The summed E-state index contributed by atoms with van der Waals surface area (Å²) >= 11 is 1.53. The molecule has 3 nitrogen and oxygen atoms in total. The quantitative estimate of drug-likeness (QED) is 0.855. The van der Waals surface area contributed by atoms with Crippen LogP contribution in [-0.4, -0.2) is 11.1 Å². The van der Waals surface area contributed by atoms with Gasteiger partial charge in [-0.15, -0.1) is 11.3 Å². The molecule has 1 aliphatic carbocycles. The lowest BCUT2D eigenvalue weighted by molar-refractivity contribution is -0.145. The van der Waals surface area contributed by atoms with Crippen molar-refractivity contribution >= 4 is 17.3 Å². The minimum absolute atomic E-state index is 0.0954. The van der Waals surface area contributed by atoms with Gasteiger partial charge in [0.05, 0.1) is 6.42 Å². The Labute approximate surface area is 134 Å². The molecular formula is C18H20O3S. The average Bonchev–Trinajstić information content (AvgIpc) is 2.95. The molecule has 1 saturated carbocycles. The fourth-order valence-electron chi connectivity index (χ4n) is 3.20. The Bertz CT molecular complexity index is 648. The number of rotatable bonds is 5. The second-order valence-corrected chi connectivity index (χ2v) is 7.32. The number of carbonyl (C=O) groups is 1. The molecular weight excluding hydrogens is 296 g/mol. The van der Waals surface area contributed by atoms with Crippen molar-refractivity contribution in [3.8, 4) is 0 Å². The molecule has 0 radical (unpaired) electrons. The van der Waals surface area contributed by atoms with E-state index in [9.17, 15) is 9.90 Å². The SMILES string of the molecule is CC1(C)[C@@H](CC(=O)OCc2ccccc2)[C@@]1(O)c1cccs1. The van der Waals surface area contributed by atoms with Gasteiger partial charge < -0.3 is 9.84 Å². The molecule has 4 heteroatoms. The molecule has 1 heterocycles. The van der Waals surface area contributed by atoms with Crippen molar-refractivity contribution in [2.45, 2.75) is 32.5 Å². The van der Waals surface area contributed by atoms with Gasteiger partial charge in [-0.05, 0) is 17.0 Å². The first-order valence-electron chi connectivity index (χ1n) is 7.42. The van der Waals surface area contributed by atoms with Crippen molar-refractivity contribution < 1.29 is 14.6 Å². The van der Waals surface area contributed by atoms with Gasteiger partial charge in [0.2, 0.25) is 0 Å². The van der Waals surface area contributed by atoms with Crippen LogP contribution in [0.2, 0.25) is 0 Å². The summed E-state index contributed by atoms with van der Waals surface area (Å²) in [4.78, 5) is 13.0. The van der Waals surface area contributed by atoms with Gasteiger partial charge in [0.25, 0.3) is 0 Å². The van der Waals surface area contributed by atoms with Crippen molar-refractivity contribution in [1.82, 2.24) is 0 Å². The van der Waals surface area contributed by atoms with E-state index in [0.29, 0.717) is 0 Å². The molecule has 1 aliphatic rings. The molecule has 0 amide bonds. The number of hydrogen-bond acceptors (Lipinski definition) is 4. The van der Waals surface area contributed by atoms with Gasteiger partial charge in [-0.3, -0.25) is 4.79 Å². The molecule has 22 heavy (non-hydrogen) atoms. The van der Waals surface area contributed by atoms with Crippen LogP contribution >= 0.6 is 11.3 Å². The third kappa shape index (κ3) is 2.46. The summed E-state index contributed by atoms with van der Waals surface area (Å²) in [6.45, 7) is 4.29. The molecule has 1 aromatic carbocycles. The van der Waals surface area contributed by atoms with Crippen LogP contribution in [-0.2, 0) is 21.7 Å². The Hall–Kier alpha value is -1.65. The predicted octanol–water partition coefficient (Wildman–Crippen LogP) is 3.73. The van der Waals surface area contributed by atoms with Crippen molar-refractivity contribution in [2.75, 3.05) is 0 Å². The first-order chi connectivity index (χ1) is 10.5. The zero-order valence-electron chi connectivity index (χ0n) is 12.8. The molecule has 1 N–H and O–H groups in total. The summed E-state index contributed by atoms with van der Waals surface area (Å²) < 4.78 is 5.34. The van der Waals surface area contributed by atoms with Gasteiger partial charge in [0.15, 0.2) is 0 Å². The first-order valence-corrected chi connectivity index (χ1v) is 8.30. The summed E-state index contributed by atoms with van der Waals surface area (Å²) in [5.74, 6) is -0.351. The van der Waals surface area contributed by atoms with Crippen LogP contribution < -0.4 is 0 Å². The number of carbonyl (C=O) groups excluding carboxylic acids is 1. The molecule has 116 valence electrons. The maximum absolute atomic E-state index is 12.1. The molecule has 1 fully saturated rings. The van der Waals surface area contributed by atoms with Crippen molar-refractivity contribution in [3.05, 3.63) is 58.3 Å². The van der Waals surface area contributed by atoms with Gasteiger partial charge in [0.1, 0.15) is 12.2 Å². The van der Waals surface area contributed by atoms with Crippen LogP contribution in [0.15, 0.2) is 47.8 Å². The zero-order valence-corrected chi connectivity index (χ0v) is 13.6. The van der Waals surface area contributed by atoms with Gasteiger partial charge in [-0.1, -0.05) is 50.2 Å². The van der Waals surface area contributed by atoms with E-state index in [-0.39, 0.29) is 30.3 Å². The lowest BCUT2D eigenvalue weighted by Gasteiger charge is -2.10. The summed E-state index contributed by atoms with van der Waals surface area (Å²) in [7, 11) is 0. The summed E-state index contributed by atoms with van der Waals surface area (Å²) in [5, 5.41) is 12.9. The second-order valence-electron chi connectivity index (χ2n) is 6.37. The monoisotopic (exact) mass is 316 g/mol. The molecule has 0 bridgehead atoms. The Morgan fingerprint density at radius 2 is 1.95 bits per heavy atom. The van der Waals surface area contributed by atoms with Crippen LogP contribution in [0, 0.1) is 11.3 Å². The highest BCUT2D eigenvalue weighted by molar-refractivity contribution is 7.10. The Morgan fingerprint density at radius 1 is 1.23 bits per heavy atom. The number of aliphatic hydroxyl groups is 1. The minimum atomic E-state index is -0.910. The molecule has 0 spiro atoms. The predicted molar refractivity (Wildman–Crippen MR) is 86.3 cm³/mol. The highest BCUT2D eigenvalue weighted by Gasteiger charge is 2.72. The van der Waals surface area contributed by atoms with Crippen LogP contribution in [0.4, 0.5) is 0 Å². The Morgan fingerprint density at radius 3 is 2.59 bits per heavy atom. The highest BCUT2D eigenvalue weighted by atomic mass is 32.1. The summed E-state index contributed by atoms with van der Waals surface area (Å²) in [6, 6.07) is 13.5. The Kier molecular flexibility index (Phi) is 3.83.